The third-order valence-electron chi connectivity index (χ3n) is 3.28. The van der Waals surface area contributed by atoms with Crippen LogP contribution in [0.15, 0.2) is 6.07 Å². The maximum atomic E-state index is 6.14. The zero-order valence-corrected chi connectivity index (χ0v) is 12.3. The Hall–Kier alpha value is -0.670. The van der Waals surface area contributed by atoms with Crippen LogP contribution in [0.2, 0.25) is 10.0 Å². The molecular weight excluding hydrogens is 269 g/mol. The van der Waals surface area contributed by atoms with Gasteiger partial charge in [0.1, 0.15) is 11.6 Å². The van der Waals surface area contributed by atoms with Crippen molar-refractivity contribution in [2.75, 3.05) is 23.7 Å². The standard InChI is InChI=1S/C13H19Cl2N3/c1-3-4-16-12-10(14)6-11(15)13(18-12)17-7-9-5-8(9)2/h6,8-9H,3-5,7H2,1-2H3,(H2,16,17,18). The van der Waals surface area contributed by atoms with Gasteiger partial charge in [0, 0.05) is 13.1 Å². The number of aromatic nitrogens is 1. The Bertz CT molecular complexity index is 423. The van der Waals surface area contributed by atoms with Crippen LogP contribution in [0.1, 0.15) is 26.7 Å². The van der Waals surface area contributed by atoms with Gasteiger partial charge in [-0.2, -0.15) is 0 Å². The summed E-state index contributed by atoms with van der Waals surface area (Å²) in [4.78, 5) is 4.45. The molecule has 1 aromatic heterocycles. The smallest absolute Gasteiger partial charge is 0.147 e. The molecule has 0 radical (unpaired) electrons. The predicted octanol–water partition coefficient (Wildman–Crippen LogP) is 4.28. The second-order valence-corrected chi connectivity index (χ2v) is 5.74. The van der Waals surface area contributed by atoms with E-state index in [1.54, 1.807) is 6.07 Å². The van der Waals surface area contributed by atoms with Crippen LogP contribution in [-0.4, -0.2) is 18.1 Å². The molecule has 0 aliphatic heterocycles. The second-order valence-electron chi connectivity index (χ2n) is 4.93. The molecule has 1 aliphatic rings. The van der Waals surface area contributed by atoms with Gasteiger partial charge in [-0.15, -0.1) is 0 Å². The van der Waals surface area contributed by atoms with Crippen molar-refractivity contribution in [2.24, 2.45) is 11.8 Å². The lowest BCUT2D eigenvalue weighted by molar-refractivity contribution is 0.784. The first-order valence-corrected chi connectivity index (χ1v) is 7.21. The van der Waals surface area contributed by atoms with Crippen molar-refractivity contribution >= 4 is 34.8 Å². The van der Waals surface area contributed by atoms with E-state index in [4.69, 9.17) is 23.2 Å². The number of nitrogens with one attached hydrogen (secondary N) is 2. The van der Waals surface area contributed by atoms with Crippen LogP contribution in [0.4, 0.5) is 11.6 Å². The average molecular weight is 288 g/mol. The van der Waals surface area contributed by atoms with Gasteiger partial charge in [-0.05, 0) is 30.7 Å². The highest BCUT2D eigenvalue weighted by atomic mass is 35.5. The van der Waals surface area contributed by atoms with E-state index in [-0.39, 0.29) is 0 Å². The van der Waals surface area contributed by atoms with E-state index in [1.165, 1.54) is 6.42 Å². The molecule has 3 nitrogen and oxygen atoms in total. The maximum absolute atomic E-state index is 6.14. The molecule has 1 aromatic rings. The van der Waals surface area contributed by atoms with Gasteiger partial charge in [0.25, 0.3) is 0 Å². The number of pyridine rings is 1. The minimum Gasteiger partial charge on any atom is -0.369 e. The maximum Gasteiger partial charge on any atom is 0.147 e. The van der Waals surface area contributed by atoms with Gasteiger partial charge in [0.05, 0.1) is 10.0 Å². The summed E-state index contributed by atoms with van der Waals surface area (Å²) in [7, 11) is 0. The van der Waals surface area contributed by atoms with Crippen LogP contribution < -0.4 is 10.6 Å². The fourth-order valence-electron chi connectivity index (χ4n) is 1.87. The molecule has 1 aliphatic carbocycles. The van der Waals surface area contributed by atoms with Crippen molar-refractivity contribution in [3.63, 3.8) is 0 Å². The van der Waals surface area contributed by atoms with Crippen molar-refractivity contribution in [1.82, 2.24) is 4.98 Å². The molecule has 1 heterocycles. The summed E-state index contributed by atoms with van der Waals surface area (Å²) >= 11 is 12.2. The number of anilines is 2. The van der Waals surface area contributed by atoms with Crippen molar-refractivity contribution in [2.45, 2.75) is 26.7 Å². The van der Waals surface area contributed by atoms with E-state index in [9.17, 15) is 0 Å². The van der Waals surface area contributed by atoms with E-state index in [0.717, 1.165) is 37.2 Å². The van der Waals surface area contributed by atoms with Gasteiger partial charge < -0.3 is 10.6 Å². The molecule has 0 spiro atoms. The Morgan fingerprint density at radius 1 is 1.28 bits per heavy atom. The average Bonchev–Trinajstić information content (AvgIpc) is 3.03. The number of rotatable bonds is 6. The van der Waals surface area contributed by atoms with Gasteiger partial charge in [-0.3, -0.25) is 0 Å². The molecule has 0 saturated heterocycles. The van der Waals surface area contributed by atoms with Crippen molar-refractivity contribution < 1.29 is 0 Å². The highest BCUT2D eigenvalue weighted by Gasteiger charge is 2.32. The van der Waals surface area contributed by atoms with Gasteiger partial charge in [0.15, 0.2) is 0 Å². The lowest BCUT2D eigenvalue weighted by Crippen LogP contribution is -2.09. The third-order valence-corrected chi connectivity index (χ3v) is 3.86. The van der Waals surface area contributed by atoms with Crippen molar-refractivity contribution in [3.8, 4) is 0 Å². The number of nitrogens with zero attached hydrogens (tertiary/aromatic N) is 1. The largest absolute Gasteiger partial charge is 0.369 e. The minimum absolute atomic E-state index is 0.568. The van der Waals surface area contributed by atoms with E-state index < -0.39 is 0 Å². The summed E-state index contributed by atoms with van der Waals surface area (Å²) in [5, 5.41) is 7.66. The SMILES string of the molecule is CCCNc1nc(NCC2CC2C)c(Cl)cc1Cl. The summed E-state index contributed by atoms with van der Waals surface area (Å²) in [6.07, 6.45) is 2.32. The fraction of sp³-hybridized carbons (Fsp3) is 0.615. The normalized spacial score (nSPS) is 21.8. The van der Waals surface area contributed by atoms with Crippen molar-refractivity contribution in [3.05, 3.63) is 16.1 Å². The lowest BCUT2D eigenvalue weighted by Gasteiger charge is -2.12. The van der Waals surface area contributed by atoms with E-state index in [0.29, 0.717) is 15.9 Å². The molecule has 0 bridgehead atoms. The molecule has 0 aromatic carbocycles. The molecule has 2 atom stereocenters. The molecule has 2 unspecified atom stereocenters. The molecule has 18 heavy (non-hydrogen) atoms. The first kappa shape index (κ1) is 13.8. The topological polar surface area (TPSA) is 37.0 Å². The molecule has 5 heteroatoms. The van der Waals surface area contributed by atoms with Gasteiger partial charge in [-0.25, -0.2) is 4.98 Å². The van der Waals surface area contributed by atoms with Gasteiger partial charge in [-0.1, -0.05) is 37.0 Å². The van der Waals surface area contributed by atoms with Crippen LogP contribution in [0.25, 0.3) is 0 Å². The molecule has 2 N–H and O–H groups in total. The van der Waals surface area contributed by atoms with Gasteiger partial charge >= 0.3 is 0 Å². The Kier molecular flexibility index (Phi) is 4.57. The van der Waals surface area contributed by atoms with Crippen LogP contribution in [-0.2, 0) is 0 Å². The van der Waals surface area contributed by atoms with E-state index in [2.05, 4.69) is 29.5 Å². The third kappa shape index (κ3) is 3.42. The zero-order chi connectivity index (χ0) is 13.1. The highest BCUT2D eigenvalue weighted by Crippen LogP contribution is 2.38. The summed E-state index contributed by atoms with van der Waals surface area (Å²) < 4.78 is 0. The highest BCUT2D eigenvalue weighted by molar-refractivity contribution is 6.37. The van der Waals surface area contributed by atoms with Crippen LogP contribution in [0.5, 0.6) is 0 Å². The minimum atomic E-state index is 0.568. The zero-order valence-electron chi connectivity index (χ0n) is 10.8. The Morgan fingerprint density at radius 3 is 2.44 bits per heavy atom. The summed E-state index contributed by atoms with van der Waals surface area (Å²) in [6.45, 7) is 6.15. The fourth-order valence-corrected chi connectivity index (χ4v) is 2.36. The quantitative estimate of drug-likeness (QED) is 0.820. The summed E-state index contributed by atoms with van der Waals surface area (Å²) in [6, 6.07) is 1.74. The molecule has 1 fully saturated rings. The second kappa shape index (κ2) is 5.98. The Labute approximate surface area is 118 Å². The van der Waals surface area contributed by atoms with Crippen LogP contribution in [0.3, 0.4) is 0 Å². The molecule has 2 rings (SSSR count). The van der Waals surface area contributed by atoms with E-state index in [1.807, 2.05) is 0 Å². The number of hydrogen-bond acceptors (Lipinski definition) is 3. The number of hydrogen-bond donors (Lipinski definition) is 2. The number of halogens is 2. The first-order valence-electron chi connectivity index (χ1n) is 6.45. The van der Waals surface area contributed by atoms with Gasteiger partial charge in [0.2, 0.25) is 0 Å². The lowest BCUT2D eigenvalue weighted by atomic mass is 10.3. The molecule has 1 saturated carbocycles. The summed E-state index contributed by atoms with van der Waals surface area (Å²) in [5.74, 6) is 3.00. The predicted molar refractivity (Wildman–Crippen MR) is 78.8 cm³/mol. The Morgan fingerprint density at radius 2 is 1.89 bits per heavy atom. The van der Waals surface area contributed by atoms with Crippen LogP contribution in [0, 0.1) is 11.8 Å². The van der Waals surface area contributed by atoms with Crippen LogP contribution >= 0.6 is 23.2 Å². The monoisotopic (exact) mass is 287 g/mol. The molecule has 100 valence electrons. The Balaban J connectivity index is 2.03. The molecular formula is C13H19Cl2N3. The van der Waals surface area contributed by atoms with E-state index >= 15 is 0 Å². The van der Waals surface area contributed by atoms with Crippen molar-refractivity contribution in [1.29, 1.82) is 0 Å². The molecule has 0 amide bonds. The first-order chi connectivity index (χ1) is 8.61. The summed E-state index contributed by atoms with van der Waals surface area (Å²) in [5.41, 5.74) is 0.